The zero-order valence-electron chi connectivity index (χ0n) is 9.21. The molecule has 2 aliphatic rings. The molecule has 0 spiro atoms. The number of hydrogen-bond acceptors (Lipinski definition) is 2. The normalized spacial score (nSPS) is 23.9. The lowest BCUT2D eigenvalue weighted by molar-refractivity contribution is 0.290. The van der Waals surface area contributed by atoms with Gasteiger partial charge in [0.05, 0.1) is 6.61 Å². The van der Waals surface area contributed by atoms with Gasteiger partial charge >= 0.3 is 0 Å². The van der Waals surface area contributed by atoms with E-state index in [2.05, 4.69) is 5.32 Å². The maximum Gasteiger partial charge on any atom is 0.138 e. The van der Waals surface area contributed by atoms with Gasteiger partial charge in [-0.05, 0) is 42.0 Å². The molecule has 1 aromatic carbocycles. The van der Waals surface area contributed by atoms with Crippen LogP contribution in [0.1, 0.15) is 30.1 Å². The predicted octanol–water partition coefficient (Wildman–Crippen LogP) is 2.59. The van der Waals surface area contributed by atoms with Gasteiger partial charge in [-0.2, -0.15) is 0 Å². The Morgan fingerprint density at radius 2 is 2.25 bits per heavy atom. The summed E-state index contributed by atoms with van der Waals surface area (Å²) >= 11 is 0. The van der Waals surface area contributed by atoms with Crippen LogP contribution in [0.15, 0.2) is 18.2 Å². The standard InChI is InChI=1S/C13H16FNO/c14-13-7-15-6-10-3-4-11(5-12(10)13)16-8-9-1-2-9/h3-5,9,13,15H,1-2,6-8H2. The first-order valence-corrected chi connectivity index (χ1v) is 5.93. The molecule has 1 aliphatic heterocycles. The van der Waals surface area contributed by atoms with Crippen LogP contribution in [0.2, 0.25) is 0 Å². The highest BCUT2D eigenvalue weighted by Gasteiger charge is 2.23. The van der Waals surface area contributed by atoms with Crippen molar-refractivity contribution in [2.24, 2.45) is 5.92 Å². The molecule has 0 aromatic heterocycles. The van der Waals surface area contributed by atoms with Crippen LogP contribution >= 0.6 is 0 Å². The second-order valence-corrected chi connectivity index (χ2v) is 4.71. The van der Waals surface area contributed by atoms with E-state index >= 15 is 0 Å². The van der Waals surface area contributed by atoms with Gasteiger partial charge in [-0.1, -0.05) is 6.07 Å². The summed E-state index contributed by atoms with van der Waals surface area (Å²) in [4.78, 5) is 0. The van der Waals surface area contributed by atoms with Crippen molar-refractivity contribution in [3.8, 4) is 5.75 Å². The molecule has 0 saturated heterocycles. The first-order valence-electron chi connectivity index (χ1n) is 5.93. The highest BCUT2D eigenvalue weighted by molar-refractivity contribution is 5.38. The lowest BCUT2D eigenvalue weighted by Crippen LogP contribution is -2.25. The van der Waals surface area contributed by atoms with Crippen molar-refractivity contribution in [2.45, 2.75) is 25.6 Å². The fourth-order valence-electron chi connectivity index (χ4n) is 2.06. The van der Waals surface area contributed by atoms with Crippen molar-refractivity contribution in [3.63, 3.8) is 0 Å². The average molecular weight is 221 g/mol. The Morgan fingerprint density at radius 3 is 3.06 bits per heavy atom. The van der Waals surface area contributed by atoms with E-state index < -0.39 is 6.17 Å². The summed E-state index contributed by atoms with van der Waals surface area (Å²) in [7, 11) is 0. The highest BCUT2D eigenvalue weighted by Crippen LogP contribution is 2.32. The van der Waals surface area contributed by atoms with Gasteiger partial charge in [0, 0.05) is 13.1 Å². The van der Waals surface area contributed by atoms with Gasteiger partial charge in [-0.25, -0.2) is 4.39 Å². The van der Waals surface area contributed by atoms with Crippen molar-refractivity contribution in [3.05, 3.63) is 29.3 Å². The molecular formula is C13H16FNO. The Kier molecular flexibility index (Phi) is 2.56. The van der Waals surface area contributed by atoms with Crippen molar-refractivity contribution in [2.75, 3.05) is 13.2 Å². The Hall–Kier alpha value is -1.09. The third-order valence-electron chi connectivity index (χ3n) is 3.28. The summed E-state index contributed by atoms with van der Waals surface area (Å²) < 4.78 is 19.3. The van der Waals surface area contributed by atoms with Gasteiger partial charge in [0.1, 0.15) is 11.9 Å². The molecule has 16 heavy (non-hydrogen) atoms. The first kappa shape index (κ1) is 10.1. The smallest absolute Gasteiger partial charge is 0.138 e. The van der Waals surface area contributed by atoms with E-state index in [-0.39, 0.29) is 0 Å². The fourth-order valence-corrected chi connectivity index (χ4v) is 2.06. The number of fused-ring (bicyclic) bond motifs is 1. The minimum absolute atomic E-state index is 0.416. The third-order valence-corrected chi connectivity index (χ3v) is 3.28. The molecule has 2 nitrogen and oxygen atoms in total. The average Bonchev–Trinajstić information content (AvgIpc) is 3.11. The molecule has 1 N–H and O–H groups in total. The van der Waals surface area contributed by atoms with Crippen LogP contribution < -0.4 is 10.1 Å². The van der Waals surface area contributed by atoms with Crippen molar-refractivity contribution in [1.82, 2.24) is 5.32 Å². The zero-order valence-corrected chi connectivity index (χ0v) is 9.21. The van der Waals surface area contributed by atoms with E-state index in [0.717, 1.165) is 35.9 Å². The molecule has 0 radical (unpaired) electrons. The molecule has 1 atom stereocenters. The molecule has 86 valence electrons. The Balaban J connectivity index is 1.76. The minimum Gasteiger partial charge on any atom is -0.493 e. The molecule has 1 fully saturated rings. The molecule has 3 heteroatoms. The summed E-state index contributed by atoms with van der Waals surface area (Å²) in [5.41, 5.74) is 1.85. The Morgan fingerprint density at radius 1 is 1.38 bits per heavy atom. The summed E-state index contributed by atoms with van der Waals surface area (Å²) in [5, 5.41) is 3.05. The number of ether oxygens (including phenoxy) is 1. The van der Waals surface area contributed by atoms with E-state index in [1.54, 1.807) is 0 Å². The van der Waals surface area contributed by atoms with Gasteiger partial charge < -0.3 is 10.1 Å². The van der Waals surface area contributed by atoms with Crippen molar-refractivity contribution in [1.29, 1.82) is 0 Å². The molecule has 0 amide bonds. The molecule has 1 aliphatic carbocycles. The number of alkyl halides is 1. The highest BCUT2D eigenvalue weighted by atomic mass is 19.1. The number of benzene rings is 1. The Bertz CT molecular complexity index is 390. The van der Waals surface area contributed by atoms with E-state index in [9.17, 15) is 4.39 Å². The summed E-state index contributed by atoms with van der Waals surface area (Å²) in [5.74, 6) is 1.55. The predicted molar refractivity (Wildman–Crippen MR) is 60.2 cm³/mol. The summed E-state index contributed by atoms with van der Waals surface area (Å²) in [6, 6.07) is 5.78. The molecule has 3 rings (SSSR count). The van der Waals surface area contributed by atoms with Crippen LogP contribution in [-0.2, 0) is 6.54 Å². The monoisotopic (exact) mass is 221 g/mol. The van der Waals surface area contributed by atoms with Crippen LogP contribution in [0.25, 0.3) is 0 Å². The second-order valence-electron chi connectivity index (χ2n) is 4.71. The molecule has 1 aromatic rings. The van der Waals surface area contributed by atoms with Crippen molar-refractivity contribution >= 4 is 0 Å². The molecule has 1 unspecified atom stereocenters. The van der Waals surface area contributed by atoms with Gasteiger partial charge in [0.2, 0.25) is 0 Å². The molecule has 0 bridgehead atoms. The quantitative estimate of drug-likeness (QED) is 0.847. The maximum absolute atomic E-state index is 13.6. The number of hydrogen-bond donors (Lipinski definition) is 1. The van der Waals surface area contributed by atoms with Crippen LogP contribution in [0.5, 0.6) is 5.75 Å². The van der Waals surface area contributed by atoms with E-state index in [1.165, 1.54) is 12.8 Å². The van der Waals surface area contributed by atoms with Gasteiger partial charge in [0.25, 0.3) is 0 Å². The van der Waals surface area contributed by atoms with Crippen LogP contribution in [-0.4, -0.2) is 13.2 Å². The lowest BCUT2D eigenvalue weighted by atomic mass is 9.99. The number of nitrogens with one attached hydrogen (secondary N) is 1. The maximum atomic E-state index is 13.6. The van der Waals surface area contributed by atoms with Crippen LogP contribution in [0.3, 0.4) is 0 Å². The summed E-state index contributed by atoms with van der Waals surface area (Å²) in [6.45, 7) is 1.96. The molecular weight excluding hydrogens is 205 g/mol. The molecule has 1 heterocycles. The topological polar surface area (TPSA) is 21.3 Å². The van der Waals surface area contributed by atoms with E-state index in [4.69, 9.17) is 4.74 Å². The van der Waals surface area contributed by atoms with E-state index in [0.29, 0.717) is 6.54 Å². The Labute approximate surface area is 94.8 Å². The van der Waals surface area contributed by atoms with Gasteiger partial charge in [-0.15, -0.1) is 0 Å². The second kappa shape index (κ2) is 4.06. The molecule has 1 saturated carbocycles. The minimum atomic E-state index is -0.895. The van der Waals surface area contributed by atoms with Crippen molar-refractivity contribution < 1.29 is 9.13 Å². The van der Waals surface area contributed by atoms with Crippen LogP contribution in [0.4, 0.5) is 4.39 Å². The summed E-state index contributed by atoms with van der Waals surface area (Å²) in [6.07, 6.45) is 1.66. The number of rotatable bonds is 3. The van der Waals surface area contributed by atoms with Gasteiger partial charge in [0.15, 0.2) is 0 Å². The SMILES string of the molecule is FC1CNCc2ccc(OCC3CC3)cc21. The lowest BCUT2D eigenvalue weighted by Gasteiger charge is -2.21. The largest absolute Gasteiger partial charge is 0.493 e. The fraction of sp³-hybridized carbons (Fsp3) is 0.538. The zero-order chi connectivity index (χ0) is 11.0. The number of halogens is 1. The van der Waals surface area contributed by atoms with Crippen LogP contribution in [0, 0.1) is 5.92 Å². The third kappa shape index (κ3) is 2.05. The first-order chi connectivity index (χ1) is 7.83. The van der Waals surface area contributed by atoms with Gasteiger partial charge in [-0.3, -0.25) is 0 Å². The van der Waals surface area contributed by atoms with E-state index in [1.807, 2.05) is 18.2 Å².